The Kier molecular flexibility index (Phi) is 6.59. The van der Waals surface area contributed by atoms with E-state index in [4.69, 9.17) is 4.74 Å². The van der Waals surface area contributed by atoms with Gasteiger partial charge < -0.3 is 20.4 Å². The number of carbonyl (C=O) groups excluding carboxylic acids is 2. The molecule has 2 amide bonds. The van der Waals surface area contributed by atoms with Gasteiger partial charge in [0.05, 0.1) is 5.69 Å². The molecule has 4 rings (SSSR count). The molecule has 0 fully saturated rings. The fourth-order valence-electron chi connectivity index (χ4n) is 3.13. The van der Waals surface area contributed by atoms with Crippen LogP contribution in [0.3, 0.4) is 0 Å². The number of fused-ring (bicyclic) bond motifs is 1. The van der Waals surface area contributed by atoms with Crippen molar-refractivity contribution >= 4 is 39.4 Å². The summed E-state index contributed by atoms with van der Waals surface area (Å²) in [7, 11) is 0. The molecule has 4 aromatic rings. The Morgan fingerprint density at radius 2 is 1.87 bits per heavy atom. The highest BCUT2D eigenvalue weighted by Crippen LogP contribution is 2.30. The van der Waals surface area contributed by atoms with Crippen molar-refractivity contribution in [1.82, 2.24) is 15.3 Å². The van der Waals surface area contributed by atoms with E-state index in [1.54, 1.807) is 0 Å². The van der Waals surface area contributed by atoms with Crippen LogP contribution in [0.25, 0.3) is 22.2 Å². The maximum atomic E-state index is 12.2. The van der Waals surface area contributed by atoms with Gasteiger partial charge in [0.1, 0.15) is 6.61 Å². The molecule has 8 heteroatoms. The SMILES string of the molecule is O=C(CCCNC(=O)OCc1ccccc1)Nc1nc(-c2c[nH]c3ccccc23)cs1. The average Bonchev–Trinajstić information content (AvgIpc) is 3.43. The quantitative estimate of drug-likeness (QED) is 0.342. The summed E-state index contributed by atoms with van der Waals surface area (Å²) < 4.78 is 5.14. The number of aromatic nitrogens is 2. The number of amides is 2. The first-order valence-corrected chi connectivity index (χ1v) is 10.8. The highest BCUT2D eigenvalue weighted by Gasteiger charge is 2.11. The van der Waals surface area contributed by atoms with Crippen molar-refractivity contribution in [2.24, 2.45) is 0 Å². The smallest absolute Gasteiger partial charge is 0.407 e. The first-order valence-electron chi connectivity index (χ1n) is 9.95. The monoisotopic (exact) mass is 434 g/mol. The molecule has 0 saturated carbocycles. The molecule has 3 N–H and O–H groups in total. The molecule has 0 aliphatic heterocycles. The fraction of sp³-hybridized carbons (Fsp3) is 0.174. The lowest BCUT2D eigenvalue weighted by molar-refractivity contribution is -0.116. The summed E-state index contributed by atoms with van der Waals surface area (Å²) in [6.07, 6.45) is 2.22. The lowest BCUT2D eigenvalue weighted by Crippen LogP contribution is -2.26. The minimum atomic E-state index is -0.493. The van der Waals surface area contributed by atoms with E-state index in [9.17, 15) is 9.59 Å². The lowest BCUT2D eigenvalue weighted by atomic mass is 10.1. The largest absolute Gasteiger partial charge is 0.445 e. The molecule has 31 heavy (non-hydrogen) atoms. The number of benzene rings is 2. The predicted molar refractivity (Wildman–Crippen MR) is 122 cm³/mol. The Balaban J connectivity index is 1.19. The van der Waals surface area contributed by atoms with Gasteiger partial charge in [-0.25, -0.2) is 9.78 Å². The van der Waals surface area contributed by atoms with Crippen LogP contribution in [0, 0.1) is 0 Å². The number of alkyl carbamates (subject to hydrolysis) is 1. The zero-order valence-corrected chi connectivity index (χ0v) is 17.6. The first-order chi connectivity index (χ1) is 15.2. The summed E-state index contributed by atoms with van der Waals surface area (Å²) in [5, 5.41) is 9.05. The van der Waals surface area contributed by atoms with Gasteiger partial charge >= 0.3 is 6.09 Å². The number of nitrogens with one attached hydrogen (secondary N) is 3. The number of H-pyrrole nitrogens is 1. The van der Waals surface area contributed by atoms with Crippen molar-refractivity contribution in [3.05, 3.63) is 71.7 Å². The molecule has 0 spiro atoms. The summed E-state index contributed by atoms with van der Waals surface area (Å²) in [5.41, 5.74) is 3.80. The molecular formula is C23H22N4O3S. The van der Waals surface area contributed by atoms with Crippen molar-refractivity contribution < 1.29 is 14.3 Å². The summed E-state index contributed by atoms with van der Waals surface area (Å²) >= 11 is 1.39. The number of rotatable bonds is 8. The molecule has 2 heterocycles. The lowest BCUT2D eigenvalue weighted by Gasteiger charge is -2.07. The third-order valence-corrected chi connectivity index (χ3v) is 5.44. The average molecular weight is 435 g/mol. The highest BCUT2D eigenvalue weighted by atomic mass is 32.1. The van der Waals surface area contributed by atoms with E-state index >= 15 is 0 Å². The Morgan fingerprint density at radius 1 is 1.06 bits per heavy atom. The van der Waals surface area contributed by atoms with E-state index in [1.807, 2.05) is 66.2 Å². The van der Waals surface area contributed by atoms with Gasteiger partial charge in [-0.05, 0) is 18.1 Å². The minimum absolute atomic E-state index is 0.140. The second-order valence-electron chi connectivity index (χ2n) is 6.93. The van der Waals surface area contributed by atoms with Crippen LogP contribution in [0.15, 0.2) is 66.2 Å². The summed E-state index contributed by atoms with van der Waals surface area (Å²) in [5.74, 6) is -0.140. The number of thiazole rings is 1. The predicted octanol–water partition coefficient (Wildman–Crippen LogP) is 4.94. The van der Waals surface area contributed by atoms with Crippen molar-refractivity contribution in [1.29, 1.82) is 0 Å². The topological polar surface area (TPSA) is 96.1 Å². The van der Waals surface area contributed by atoms with E-state index in [2.05, 4.69) is 20.6 Å². The maximum absolute atomic E-state index is 12.2. The summed E-state index contributed by atoms with van der Waals surface area (Å²) in [6.45, 7) is 0.579. The second kappa shape index (κ2) is 9.90. The molecule has 0 unspecified atom stereocenters. The zero-order valence-electron chi connectivity index (χ0n) is 16.8. The Hall–Kier alpha value is -3.65. The number of carbonyl (C=O) groups is 2. The van der Waals surface area contributed by atoms with Crippen LogP contribution < -0.4 is 10.6 Å². The normalized spacial score (nSPS) is 10.7. The van der Waals surface area contributed by atoms with Crippen LogP contribution in [0.4, 0.5) is 9.93 Å². The summed E-state index contributed by atoms with van der Waals surface area (Å²) in [4.78, 5) is 31.7. The van der Waals surface area contributed by atoms with Crippen LogP contribution in [-0.4, -0.2) is 28.5 Å². The van der Waals surface area contributed by atoms with Crippen LogP contribution in [0.1, 0.15) is 18.4 Å². The van der Waals surface area contributed by atoms with Crippen molar-refractivity contribution in [3.63, 3.8) is 0 Å². The van der Waals surface area contributed by atoms with Gasteiger partial charge in [-0.1, -0.05) is 48.5 Å². The standard InChI is InChI=1S/C23H22N4O3S/c28-21(11-6-12-24-23(29)30-14-16-7-2-1-3-8-16)27-22-26-20(15-31-22)18-13-25-19-10-5-4-9-17(18)19/h1-5,7-10,13,15,25H,6,11-12,14H2,(H,24,29)(H,26,27,28). The highest BCUT2D eigenvalue weighted by molar-refractivity contribution is 7.14. The van der Waals surface area contributed by atoms with Gasteiger partial charge in [0, 0.05) is 41.0 Å². The minimum Gasteiger partial charge on any atom is -0.445 e. The Morgan fingerprint density at radius 3 is 2.74 bits per heavy atom. The number of aromatic amines is 1. The van der Waals surface area contributed by atoms with Crippen molar-refractivity contribution in [2.75, 3.05) is 11.9 Å². The Bertz CT molecular complexity index is 1170. The van der Waals surface area contributed by atoms with Crippen LogP contribution in [-0.2, 0) is 16.1 Å². The van der Waals surface area contributed by atoms with Gasteiger partial charge in [-0.3, -0.25) is 4.79 Å². The maximum Gasteiger partial charge on any atom is 0.407 e. The fourth-order valence-corrected chi connectivity index (χ4v) is 3.86. The van der Waals surface area contributed by atoms with Crippen LogP contribution >= 0.6 is 11.3 Å². The zero-order chi connectivity index (χ0) is 21.5. The number of hydrogen-bond donors (Lipinski definition) is 3. The molecule has 0 aliphatic rings. The molecular weight excluding hydrogens is 412 g/mol. The van der Waals surface area contributed by atoms with Gasteiger partial charge in [0.25, 0.3) is 0 Å². The molecule has 0 aliphatic carbocycles. The first kappa shape index (κ1) is 20.6. The third kappa shape index (κ3) is 5.49. The molecule has 0 saturated heterocycles. The number of nitrogens with zero attached hydrogens (tertiary/aromatic N) is 1. The number of para-hydroxylation sites is 1. The number of ether oxygens (including phenoxy) is 1. The van der Waals surface area contributed by atoms with Crippen LogP contribution in [0.5, 0.6) is 0 Å². The molecule has 2 aromatic carbocycles. The molecule has 158 valence electrons. The summed E-state index contributed by atoms with van der Waals surface area (Å²) in [6, 6.07) is 17.5. The van der Waals surface area contributed by atoms with Gasteiger partial charge in [-0.2, -0.15) is 0 Å². The molecule has 2 aromatic heterocycles. The van der Waals surface area contributed by atoms with E-state index < -0.39 is 6.09 Å². The van der Waals surface area contributed by atoms with Gasteiger partial charge in [0.15, 0.2) is 5.13 Å². The van der Waals surface area contributed by atoms with E-state index in [0.717, 1.165) is 27.7 Å². The number of hydrogen-bond acceptors (Lipinski definition) is 5. The van der Waals surface area contributed by atoms with Crippen LogP contribution in [0.2, 0.25) is 0 Å². The van der Waals surface area contributed by atoms with Crippen molar-refractivity contribution in [3.8, 4) is 11.3 Å². The van der Waals surface area contributed by atoms with E-state index in [1.165, 1.54) is 11.3 Å². The van der Waals surface area contributed by atoms with Gasteiger partial charge in [-0.15, -0.1) is 11.3 Å². The second-order valence-corrected chi connectivity index (χ2v) is 7.78. The number of anilines is 1. The molecule has 0 bridgehead atoms. The van der Waals surface area contributed by atoms with Crippen molar-refractivity contribution in [2.45, 2.75) is 19.4 Å². The van der Waals surface area contributed by atoms with Gasteiger partial charge in [0.2, 0.25) is 5.91 Å². The molecule has 7 nitrogen and oxygen atoms in total. The third-order valence-electron chi connectivity index (χ3n) is 4.68. The Labute approximate surface area is 183 Å². The van der Waals surface area contributed by atoms with E-state index in [0.29, 0.717) is 18.1 Å². The molecule has 0 radical (unpaired) electrons. The molecule has 0 atom stereocenters. The van der Waals surface area contributed by atoms with E-state index in [-0.39, 0.29) is 18.9 Å².